The minimum Gasteiger partial charge on any atom is -0.497 e. The van der Waals surface area contributed by atoms with Crippen molar-refractivity contribution in [3.05, 3.63) is 90.5 Å². The van der Waals surface area contributed by atoms with E-state index in [1.807, 2.05) is 83.4 Å². The van der Waals surface area contributed by atoms with Gasteiger partial charge in [0.25, 0.3) is 0 Å². The number of aromatic amines is 1. The number of ether oxygens (including phenoxy) is 2. The normalized spacial score (nSPS) is 11.0. The third-order valence-corrected chi connectivity index (χ3v) is 5.86. The van der Waals surface area contributed by atoms with Crippen LogP contribution >= 0.6 is 11.8 Å². The SMILES string of the molecule is COc1ccc(-n2c(COc3ccccc3)nnc2SCc2nc3ccccc3[nH]2)cc1. The van der Waals surface area contributed by atoms with Crippen LogP contribution in [0.1, 0.15) is 11.6 Å². The van der Waals surface area contributed by atoms with Gasteiger partial charge in [-0.25, -0.2) is 4.98 Å². The van der Waals surface area contributed by atoms with Gasteiger partial charge in [-0.05, 0) is 48.5 Å². The number of fused-ring (bicyclic) bond motifs is 1. The van der Waals surface area contributed by atoms with Gasteiger partial charge in [0.1, 0.15) is 23.9 Å². The van der Waals surface area contributed by atoms with Crippen LogP contribution in [0, 0.1) is 0 Å². The molecular weight excluding hydrogens is 422 g/mol. The molecule has 1 N–H and O–H groups in total. The largest absolute Gasteiger partial charge is 0.497 e. The lowest BCUT2D eigenvalue weighted by Gasteiger charge is -2.11. The summed E-state index contributed by atoms with van der Waals surface area (Å²) < 4.78 is 13.3. The lowest BCUT2D eigenvalue weighted by Crippen LogP contribution is -2.06. The van der Waals surface area contributed by atoms with Gasteiger partial charge >= 0.3 is 0 Å². The van der Waals surface area contributed by atoms with Gasteiger partial charge in [0, 0.05) is 5.69 Å². The minimum atomic E-state index is 0.300. The lowest BCUT2D eigenvalue weighted by atomic mass is 10.3. The van der Waals surface area contributed by atoms with Gasteiger partial charge in [0.05, 0.1) is 23.9 Å². The van der Waals surface area contributed by atoms with Crippen LogP contribution in [0.2, 0.25) is 0 Å². The number of hydrogen-bond donors (Lipinski definition) is 1. The van der Waals surface area contributed by atoms with Gasteiger partial charge < -0.3 is 14.5 Å². The molecule has 0 aliphatic heterocycles. The summed E-state index contributed by atoms with van der Waals surface area (Å²) in [6.45, 7) is 0.300. The molecule has 7 nitrogen and oxygen atoms in total. The van der Waals surface area contributed by atoms with E-state index in [1.54, 1.807) is 18.9 Å². The van der Waals surface area contributed by atoms with Crippen molar-refractivity contribution in [3.8, 4) is 17.2 Å². The van der Waals surface area contributed by atoms with Crippen molar-refractivity contribution >= 4 is 22.8 Å². The molecule has 3 aromatic carbocycles. The van der Waals surface area contributed by atoms with E-state index in [0.717, 1.165) is 39.2 Å². The Morgan fingerprint density at radius 1 is 0.875 bits per heavy atom. The van der Waals surface area contributed by atoms with Gasteiger partial charge in [0.15, 0.2) is 11.0 Å². The van der Waals surface area contributed by atoms with E-state index in [-0.39, 0.29) is 0 Å². The van der Waals surface area contributed by atoms with Crippen LogP contribution in [0.4, 0.5) is 0 Å². The number of rotatable bonds is 8. The molecule has 0 radical (unpaired) electrons. The molecule has 8 heteroatoms. The second-order valence-corrected chi connectivity index (χ2v) is 7.97. The molecule has 0 saturated heterocycles. The number of imidazole rings is 1. The molecule has 0 fully saturated rings. The van der Waals surface area contributed by atoms with Crippen molar-refractivity contribution < 1.29 is 9.47 Å². The maximum Gasteiger partial charge on any atom is 0.196 e. The van der Waals surface area contributed by atoms with E-state index >= 15 is 0 Å². The lowest BCUT2D eigenvalue weighted by molar-refractivity contribution is 0.293. The summed E-state index contributed by atoms with van der Waals surface area (Å²) in [6.07, 6.45) is 0. The Hall–Kier alpha value is -3.78. The number of hydrogen-bond acceptors (Lipinski definition) is 6. The van der Waals surface area contributed by atoms with E-state index in [4.69, 9.17) is 9.47 Å². The fourth-order valence-corrected chi connectivity index (χ4v) is 4.19. The molecule has 0 aliphatic rings. The Labute approximate surface area is 189 Å². The average Bonchev–Trinajstić information content (AvgIpc) is 3.45. The first-order valence-corrected chi connectivity index (χ1v) is 11.1. The van der Waals surface area contributed by atoms with E-state index < -0.39 is 0 Å². The monoisotopic (exact) mass is 443 g/mol. The van der Waals surface area contributed by atoms with Crippen LogP contribution in [0.15, 0.2) is 84.0 Å². The predicted octanol–water partition coefficient (Wildman–Crippen LogP) is 5.02. The van der Waals surface area contributed by atoms with Crippen LogP contribution < -0.4 is 9.47 Å². The number of nitrogens with zero attached hydrogens (tertiary/aromatic N) is 4. The highest BCUT2D eigenvalue weighted by molar-refractivity contribution is 7.98. The van der Waals surface area contributed by atoms with Gasteiger partial charge in [0.2, 0.25) is 0 Å². The van der Waals surface area contributed by atoms with E-state index in [0.29, 0.717) is 18.2 Å². The van der Waals surface area contributed by atoms with Crippen molar-refractivity contribution in [3.63, 3.8) is 0 Å². The van der Waals surface area contributed by atoms with Gasteiger partial charge in [-0.15, -0.1) is 10.2 Å². The predicted molar refractivity (Wildman–Crippen MR) is 124 cm³/mol. The summed E-state index contributed by atoms with van der Waals surface area (Å²) in [5.74, 6) is 3.82. The Morgan fingerprint density at radius 2 is 1.66 bits per heavy atom. The number of nitrogens with one attached hydrogen (secondary N) is 1. The summed E-state index contributed by atoms with van der Waals surface area (Å²) >= 11 is 1.57. The van der Waals surface area contributed by atoms with Crippen molar-refractivity contribution in [1.29, 1.82) is 0 Å². The standard InChI is InChI=1S/C24H21N5O2S/c1-30-18-13-11-17(12-14-18)29-23(15-31-19-7-3-2-4-8-19)27-28-24(29)32-16-22-25-20-9-5-6-10-21(20)26-22/h2-14H,15-16H2,1H3,(H,25,26). The van der Waals surface area contributed by atoms with Crippen LogP contribution in [-0.2, 0) is 12.4 Å². The molecule has 0 unspecified atom stereocenters. The third kappa shape index (κ3) is 4.31. The highest BCUT2D eigenvalue weighted by Gasteiger charge is 2.16. The molecule has 32 heavy (non-hydrogen) atoms. The first-order valence-electron chi connectivity index (χ1n) is 10.1. The first kappa shape index (κ1) is 20.1. The average molecular weight is 444 g/mol. The summed E-state index contributed by atoms with van der Waals surface area (Å²) in [6, 6.07) is 25.5. The van der Waals surface area contributed by atoms with Crippen LogP contribution in [0.5, 0.6) is 11.5 Å². The second kappa shape index (κ2) is 9.15. The molecule has 5 aromatic rings. The highest BCUT2D eigenvalue weighted by Crippen LogP contribution is 2.27. The Kier molecular flexibility index (Phi) is 5.76. The van der Waals surface area contributed by atoms with E-state index in [2.05, 4.69) is 20.2 Å². The van der Waals surface area contributed by atoms with E-state index in [1.165, 1.54) is 0 Å². The maximum absolute atomic E-state index is 5.94. The summed E-state index contributed by atoms with van der Waals surface area (Å²) in [5, 5.41) is 9.62. The first-order chi connectivity index (χ1) is 15.8. The molecule has 0 atom stereocenters. The molecular formula is C24H21N5O2S. The van der Waals surface area contributed by atoms with Crippen LogP contribution in [-0.4, -0.2) is 31.8 Å². The maximum atomic E-state index is 5.94. The minimum absolute atomic E-state index is 0.300. The number of benzene rings is 3. The van der Waals surface area contributed by atoms with Crippen molar-refractivity contribution in [2.24, 2.45) is 0 Å². The molecule has 0 saturated carbocycles. The van der Waals surface area contributed by atoms with Crippen molar-refractivity contribution in [2.45, 2.75) is 17.5 Å². The van der Waals surface area contributed by atoms with Crippen LogP contribution in [0.25, 0.3) is 16.7 Å². The van der Waals surface area contributed by atoms with Gasteiger partial charge in [-0.3, -0.25) is 4.57 Å². The Bertz CT molecular complexity index is 1280. The topological polar surface area (TPSA) is 77.8 Å². The molecule has 2 aromatic heterocycles. The Morgan fingerprint density at radius 3 is 2.44 bits per heavy atom. The molecule has 160 valence electrons. The number of aromatic nitrogens is 5. The molecule has 0 amide bonds. The zero-order valence-electron chi connectivity index (χ0n) is 17.4. The Balaban J connectivity index is 1.41. The van der Waals surface area contributed by atoms with Crippen LogP contribution in [0.3, 0.4) is 0 Å². The van der Waals surface area contributed by atoms with Gasteiger partial charge in [-0.1, -0.05) is 42.1 Å². The smallest absolute Gasteiger partial charge is 0.196 e. The fourth-order valence-electron chi connectivity index (χ4n) is 3.35. The van der Waals surface area contributed by atoms with Crippen molar-refractivity contribution in [1.82, 2.24) is 24.7 Å². The number of thioether (sulfide) groups is 1. The number of H-pyrrole nitrogens is 1. The zero-order chi connectivity index (χ0) is 21.8. The third-order valence-electron chi connectivity index (χ3n) is 4.92. The number of para-hydroxylation sites is 3. The molecule has 0 bridgehead atoms. The second-order valence-electron chi connectivity index (χ2n) is 7.02. The zero-order valence-corrected chi connectivity index (χ0v) is 18.2. The van der Waals surface area contributed by atoms with Crippen molar-refractivity contribution in [2.75, 3.05) is 7.11 Å². The number of methoxy groups -OCH3 is 1. The molecule has 2 heterocycles. The summed E-state index contributed by atoms with van der Waals surface area (Å²) in [5.41, 5.74) is 2.92. The van der Waals surface area contributed by atoms with E-state index in [9.17, 15) is 0 Å². The quantitative estimate of drug-likeness (QED) is 0.339. The molecule has 5 rings (SSSR count). The molecule has 0 spiro atoms. The fraction of sp³-hybridized carbons (Fsp3) is 0.125. The highest BCUT2D eigenvalue weighted by atomic mass is 32.2. The van der Waals surface area contributed by atoms with Gasteiger partial charge in [-0.2, -0.15) is 0 Å². The summed E-state index contributed by atoms with van der Waals surface area (Å²) in [7, 11) is 1.65. The summed E-state index contributed by atoms with van der Waals surface area (Å²) in [4.78, 5) is 8.02. The molecule has 0 aliphatic carbocycles.